The number of nitrogens with zero attached hydrogens (tertiary/aromatic N) is 2. The summed E-state index contributed by atoms with van der Waals surface area (Å²) in [4.78, 5) is 4.33. The molecule has 0 saturated carbocycles. The lowest BCUT2D eigenvalue weighted by Gasteiger charge is -2.21. The van der Waals surface area contributed by atoms with Gasteiger partial charge in [-0.1, -0.05) is 25.9 Å². The second-order valence-electron chi connectivity index (χ2n) is 6.17. The van der Waals surface area contributed by atoms with E-state index in [0.717, 1.165) is 12.0 Å². The Morgan fingerprint density at radius 2 is 2.11 bits per heavy atom. The average Bonchev–Trinajstić information content (AvgIpc) is 2.83. The van der Waals surface area contributed by atoms with E-state index >= 15 is 0 Å². The minimum absolute atomic E-state index is 0.0194. The van der Waals surface area contributed by atoms with Crippen LogP contribution in [0.25, 0.3) is 11.6 Å². The van der Waals surface area contributed by atoms with Gasteiger partial charge >= 0.3 is 0 Å². The predicted octanol–water partition coefficient (Wildman–Crippen LogP) is 2.94. The lowest BCUT2D eigenvalue weighted by molar-refractivity contribution is 0.313. The zero-order valence-corrected chi connectivity index (χ0v) is 11.9. The number of hydrogen-bond donors (Lipinski definition) is 1. The van der Waals surface area contributed by atoms with E-state index in [9.17, 15) is 0 Å². The summed E-state index contributed by atoms with van der Waals surface area (Å²) in [5.41, 5.74) is 7.28. The molecule has 0 aliphatic heterocycles. The van der Waals surface area contributed by atoms with E-state index in [2.05, 4.69) is 30.9 Å². The molecule has 1 unspecified atom stereocenters. The van der Waals surface area contributed by atoms with Crippen molar-refractivity contribution in [3.8, 4) is 11.6 Å². The normalized spacial score (nSPS) is 13.7. The van der Waals surface area contributed by atoms with Crippen molar-refractivity contribution >= 4 is 0 Å². The summed E-state index contributed by atoms with van der Waals surface area (Å²) >= 11 is 0. The summed E-state index contributed by atoms with van der Waals surface area (Å²) in [6.07, 6.45) is 3.11. The van der Waals surface area contributed by atoms with Crippen LogP contribution in [-0.4, -0.2) is 16.2 Å². The molecule has 0 bridgehead atoms. The first-order chi connectivity index (χ1) is 8.85. The van der Waals surface area contributed by atoms with Crippen molar-refractivity contribution in [1.82, 2.24) is 10.1 Å². The number of rotatable bonds is 4. The van der Waals surface area contributed by atoms with Gasteiger partial charge in [0.1, 0.15) is 0 Å². The Morgan fingerprint density at radius 1 is 1.37 bits per heavy atom. The summed E-state index contributed by atoms with van der Waals surface area (Å²) in [7, 11) is 0. The molecule has 2 aromatic heterocycles. The number of nitrogens with two attached hydrogens (primary N) is 1. The highest BCUT2D eigenvalue weighted by Gasteiger charge is 2.19. The molecule has 1 atom stereocenters. The smallest absolute Gasteiger partial charge is 0.238 e. The van der Waals surface area contributed by atoms with Crippen molar-refractivity contribution in [2.75, 3.05) is 0 Å². The maximum Gasteiger partial charge on any atom is 0.238 e. The second kappa shape index (κ2) is 5.17. The molecule has 0 aliphatic rings. The van der Waals surface area contributed by atoms with Gasteiger partial charge in [0.2, 0.25) is 11.7 Å². The van der Waals surface area contributed by atoms with Gasteiger partial charge in [-0.25, -0.2) is 0 Å². The van der Waals surface area contributed by atoms with Gasteiger partial charge in [-0.15, -0.1) is 0 Å². The lowest BCUT2D eigenvalue weighted by Crippen LogP contribution is -2.28. The van der Waals surface area contributed by atoms with E-state index in [1.54, 1.807) is 6.26 Å². The van der Waals surface area contributed by atoms with Gasteiger partial charge in [0.15, 0.2) is 5.76 Å². The minimum atomic E-state index is 0.0194. The fraction of sp³-hybridized carbons (Fsp3) is 0.571. The lowest BCUT2D eigenvalue weighted by atomic mass is 9.87. The number of hydrogen-bond acceptors (Lipinski definition) is 5. The van der Waals surface area contributed by atoms with Crippen LogP contribution in [0.4, 0.5) is 0 Å². The van der Waals surface area contributed by atoms with Gasteiger partial charge in [-0.3, -0.25) is 0 Å². The summed E-state index contributed by atoms with van der Waals surface area (Å²) in [6.45, 7) is 8.44. The monoisotopic (exact) mass is 263 g/mol. The Balaban J connectivity index is 2.04. The van der Waals surface area contributed by atoms with Crippen LogP contribution in [0.3, 0.4) is 0 Å². The highest BCUT2D eigenvalue weighted by atomic mass is 16.5. The molecule has 2 aromatic rings. The quantitative estimate of drug-likeness (QED) is 0.917. The average molecular weight is 263 g/mol. The van der Waals surface area contributed by atoms with Gasteiger partial charge < -0.3 is 14.7 Å². The Bertz CT molecular complexity index is 537. The van der Waals surface area contributed by atoms with Crippen molar-refractivity contribution in [1.29, 1.82) is 0 Å². The second-order valence-corrected chi connectivity index (χ2v) is 6.17. The summed E-state index contributed by atoms with van der Waals surface area (Å²) in [6, 6.07) is 1.89. The molecule has 19 heavy (non-hydrogen) atoms. The van der Waals surface area contributed by atoms with Gasteiger partial charge in [0, 0.05) is 12.5 Å². The Kier molecular flexibility index (Phi) is 3.75. The molecule has 0 fully saturated rings. The standard InChI is InChI=1S/C14H21N3O2/c1-9-5-6-18-12(9)13-16-11(19-17-13)7-10(15)8-14(2,3)4/h5-6,10H,7-8,15H2,1-4H3. The minimum Gasteiger partial charge on any atom is -0.461 e. The number of aryl methyl sites for hydroxylation is 1. The van der Waals surface area contributed by atoms with Crippen LogP contribution in [0.2, 0.25) is 0 Å². The van der Waals surface area contributed by atoms with Crippen LogP contribution in [0.5, 0.6) is 0 Å². The highest BCUT2D eigenvalue weighted by Crippen LogP contribution is 2.23. The molecule has 5 nitrogen and oxygen atoms in total. The number of aromatic nitrogens is 2. The molecule has 104 valence electrons. The molecule has 2 rings (SSSR count). The molecule has 0 aliphatic carbocycles. The van der Waals surface area contributed by atoms with Crippen LogP contribution in [0, 0.1) is 12.3 Å². The van der Waals surface area contributed by atoms with Crippen molar-refractivity contribution in [3.63, 3.8) is 0 Å². The van der Waals surface area contributed by atoms with E-state index in [4.69, 9.17) is 14.7 Å². The zero-order valence-electron chi connectivity index (χ0n) is 11.9. The molecule has 0 aromatic carbocycles. The first-order valence-electron chi connectivity index (χ1n) is 6.48. The van der Waals surface area contributed by atoms with Crippen molar-refractivity contribution < 1.29 is 8.94 Å². The van der Waals surface area contributed by atoms with E-state index in [1.165, 1.54) is 0 Å². The van der Waals surface area contributed by atoms with E-state index in [1.807, 2.05) is 13.0 Å². The fourth-order valence-electron chi connectivity index (χ4n) is 2.11. The van der Waals surface area contributed by atoms with Gasteiger partial charge in [0.25, 0.3) is 0 Å². The molecule has 2 heterocycles. The van der Waals surface area contributed by atoms with Gasteiger partial charge in [-0.05, 0) is 30.4 Å². The van der Waals surface area contributed by atoms with Crippen molar-refractivity contribution in [2.45, 2.75) is 46.6 Å². The van der Waals surface area contributed by atoms with E-state index in [-0.39, 0.29) is 11.5 Å². The van der Waals surface area contributed by atoms with Crippen LogP contribution in [-0.2, 0) is 6.42 Å². The van der Waals surface area contributed by atoms with Crippen molar-refractivity contribution in [2.24, 2.45) is 11.1 Å². The third kappa shape index (κ3) is 3.67. The van der Waals surface area contributed by atoms with Crippen LogP contribution in [0.15, 0.2) is 21.3 Å². The third-order valence-electron chi connectivity index (χ3n) is 2.84. The first-order valence-corrected chi connectivity index (χ1v) is 6.48. The number of furan rings is 1. The first kappa shape index (κ1) is 13.8. The zero-order chi connectivity index (χ0) is 14.0. The van der Waals surface area contributed by atoms with Crippen LogP contribution >= 0.6 is 0 Å². The molecular weight excluding hydrogens is 242 g/mol. The molecular formula is C14H21N3O2. The Labute approximate surface area is 113 Å². The SMILES string of the molecule is Cc1ccoc1-c1noc(CC(N)CC(C)(C)C)n1. The summed E-state index contributed by atoms with van der Waals surface area (Å²) in [5.74, 6) is 1.70. The largest absolute Gasteiger partial charge is 0.461 e. The Hall–Kier alpha value is -1.62. The van der Waals surface area contributed by atoms with Crippen molar-refractivity contribution in [3.05, 3.63) is 23.8 Å². The van der Waals surface area contributed by atoms with E-state index in [0.29, 0.717) is 23.9 Å². The van der Waals surface area contributed by atoms with Gasteiger partial charge in [0.05, 0.1) is 6.26 Å². The Morgan fingerprint density at radius 3 is 2.68 bits per heavy atom. The molecule has 5 heteroatoms. The summed E-state index contributed by atoms with van der Waals surface area (Å²) < 4.78 is 10.6. The molecule has 0 amide bonds. The molecule has 2 N–H and O–H groups in total. The third-order valence-corrected chi connectivity index (χ3v) is 2.84. The molecule has 0 saturated heterocycles. The maximum atomic E-state index is 6.10. The molecule has 0 spiro atoms. The maximum absolute atomic E-state index is 6.10. The fourth-order valence-corrected chi connectivity index (χ4v) is 2.11. The highest BCUT2D eigenvalue weighted by molar-refractivity contribution is 5.50. The van der Waals surface area contributed by atoms with Crippen LogP contribution in [0.1, 0.15) is 38.6 Å². The van der Waals surface area contributed by atoms with Gasteiger partial charge in [-0.2, -0.15) is 4.98 Å². The summed E-state index contributed by atoms with van der Waals surface area (Å²) in [5, 5.41) is 3.93. The molecule has 0 radical (unpaired) electrons. The topological polar surface area (TPSA) is 78.1 Å². The predicted molar refractivity (Wildman–Crippen MR) is 72.5 cm³/mol. The van der Waals surface area contributed by atoms with E-state index < -0.39 is 0 Å². The van der Waals surface area contributed by atoms with Crippen LogP contribution < -0.4 is 5.73 Å².